The second-order valence-corrected chi connectivity index (χ2v) is 4.42. The third-order valence-electron chi connectivity index (χ3n) is 2.78. The molecule has 0 atom stereocenters. The molecule has 0 fully saturated rings. The molecule has 2 N–H and O–H groups in total. The summed E-state index contributed by atoms with van der Waals surface area (Å²) < 4.78 is 5.14. The van der Waals surface area contributed by atoms with E-state index in [2.05, 4.69) is 10.6 Å². The van der Waals surface area contributed by atoms with Gasteiger partial charge in [-0.15, -0.1) is 0 Å². The van der Waals surface area contributed by atoms with E-state index in [4.69, 9.17) is 10.00 Å². The first-order chi connectivity index (χ1) is 11.1. The number of carbonyl (C=O) groups is 1. The Morgan fingerprint density at radius 1 is 1.43 bits per heavy atom. The van der Waals surface area contributed by atoms with E-state index in [9.17, 15) is 14.9 Å². The van der Waals surface area contributed by atoms with Gasteiger partial charge in [0.15, 0.2) is 0 Å². The number of hydrogen-bond donors (Lipinski definition) is 2. The third-order valence-corrected chi connectivity index (χ3v) is 2.78. The van der Waals surface area contributed by atoms with Crippen molar-refractivity contribution in [1.29, 1.82) is 5.26 Å². The minimum atomic E-state index is -0.504. The van der Waals surface area contributed by atoms with E-state index >= 15 is 0 Å². The monoisotopic (exact) mass is 318 g/mol. The Morgan fingerprint density at radius 2 is 2.13 bits per heavy atom. The number of nitriles is 1. The number of nitro benzene ring substituents is 1. The Balaban J connectivity index is 2.53. The molecular weight excluding hydrogens is 300 g/mol. The van der Waals surface area contributed by atoms with Gasteiger partial charge in [-0.3, -0.25) is 14.9 Å². The molecule has 1 amide bonds. The van der Waals surface area contributed by atoms with Gasteiger partial charge in [0.05, 0.1) is 4.92 Å². The molecule has 8 nitrogen and oxygen atoms in total. The van der Waals surface area contributed by atoms with Crippen LogP contribution in [-0.2, 0) is 9.53 Å². The molecular formula is C15H18N4O4. The molecule has 1 aromatic rings. The number of nitro groups is 1. The number of hydrogen-bond acceptors (Lipinski definition) is 6. The van der Waals surface area contributed by atoms with Gasteiger partial charge >= 0.3 is 0 Å². The van der Waals surface area contributed by atoms with Crippen LogP contribution in [0.15, 0.2) is 36.0 Å². The highest BCUT2D eigenvalue weighted by molar-refractivity contribution is 5.97. The van der Waals surface area contributed by atoms with Gasteiger partial charge in [0.2, 0.25) is 0 Å². The fraction of sp³-hybridized carbons (Fsp3) is 0.333. The Kier molecular flexibility index (Phi) is 7.82. The number of non-ortho nitro benzene ring substituents is 1. The Labute approximate surface area is 133 Å². The van der Waals surface area contributed by atoms with Crippen LogP contribution in [0.1, 0.15) is 13.3 Å². The molecule has 8 heteroatoms. The van der Waals surface area contributed by atoms with Crippen LogP contribution in [0.4, 0.5) is 11.4 Å². The first-order valence-electron chi connectivity index (χ1n) is 7.05. The SMILES string of the molecule is CCOCCCNC(=O)/C(C#N)=C\Nc1ccc([N+](=O)[O-])cc1. The second-order valence-electron chi connectivity index (χ2n) is 4.42. The number of ether oxygens (including phenoxy) is 1. The Morgan fingerprint density at radius 3 is 2.70 bits per heavy atom. The summed E-state index contributed by atoms with van der Waals surface area (Å²) in [5, 5.41) is 24.9. The summed E-state index contributed by atoms with van der Waals surface area (Å²) in [6.45, 7) is 3.47. The van der Waals surface area contributed by atoms with Crippen LogP contribution in [-0.4, -0.2) is 30.6 Å². The zero-order chi connectivity index (χ0) is 17.1. The van der Waals surface area contributed by atoms with Crippen molar-refractivity contribution < 1.29 is 14.5 Å². The molecule has 0 bridgehead atoms. The third kappa shape index (κ3) is 6.58. The molecule has 0 unspecified atom stereocenters. The van der Waals surface area contributed by atoms with Gasteiger partial charge in [0, 0.05) is 43.8 Å². The lowest BCUT2D eigenvalue weighted by Crippen LogP contribution is -2.26. The number of rotatable bonds is 9. The van der Waals surface area contributed by atoms with Crippen molar-refractivity contribution in [2.45, 2.75) is 13.3 Å². The van der Waals surface area contributed by atoms with Gasteiger partial charge in [-0.1, -0.05) is 0 Å². The lowest BCUT2D eigenvalue weighted by atomic mass is 10.2. The molecule has 122 valence electrons. The first-order valence-corrected chi connectivity index (χ1v) is 7.05. The van der Waals surface area contributed by atoms with E-state index in [0.29, 0.717) is 31.9 Å². The normalized spacial score (nSPS) is 10.7. The summed E-state index contributed by atoms with van der Waals surface area (Å²) in [4.78, 5) is 21.8. The number of nitrogens with one attached hydrogen (secondary N) is 2. The molecule has 0 aromatic heterocycles. The molecule has 0 saturated heterocycles. The van der Waals surface area contributed by atoms with Crippen molar-refractivity contribution in [2.24, 2.45) is 0 Å². The highest BCUT2D eigenvalue weighted by Gasteiger charge is 2.08. The van der Waals surface area contributed by atoms with Gasteiger partial charge in [-0.2, -0.15) is 5.26 Å². The van der Waals surface area contributed by atoms with Crippen LogP contribution in [0.5, 0.6) is 0 Å². The van der Waals surface area contributed by atoms with Gasteiger partial charge in [-0.05, 0) is 25.5 Å². The van der Waals surface area contributed by atoms with Crippen molar-refractivity contribution in [3.8, 4) is 6.07 Å². The predicted molar refractivity (Wildman–Crippen MR) is 84.5 cm³/mol. The smallest absolute Gasteiger partial charge is 0.269 e. The molecule has 23 heavy (non-hydrogen) atoms. The summed E-state index contributed by atoms with van der Waals surface area (Å²) in [6.07, 6.45) is 1.92. The molecule has 0 spiro atoms. The zero-order valence-corrected chi connectivity index (χ0v) is 12.7. The van der Waals surface area contributed by atoms with Crippen LogP contribution >= 0.6 is 0 Å². The van der Waals surface area contributed by atoms with Gasteiger partial charge < -0.3 is 15.4 Å². The van der Waals surface area contributed by atoms with Crippen LogP contribution in [0.25, 0.3) is 0 Å². The van der Waals surface area contributed by atoms with E-state index in [1.807, 2.05) is 6.92 Å². The maximum Gasteiger partial charge on any atom is 0.269 e. The molecule has 0 aliphatic rings. The average Bonchev–Trinajstić information content (AvgIpc) is 2.55. The van der Waals surface area contributed by atoms with Crippen molar-refractivity contribution in [3.05, 3.63) is 46.2 Å². The molecule has 0 aliphatic carbocycles. The quantitative estimate of drug-likeness (QED) is 0.236. The van der Waals surface area contributed by atoms with E-state index in [-0.39, 0.29) is 11.3 Å². The lowest BCUT2D eigenvalue weighted by Gasteiger charge is -2.05. The van der Waals surface area contributed by atoms with Crippen LogP contribution in [0.3, 0.4) is 0 Å². The van der Waals surface area contributed by atoms with Gasteiger partial charge in [0.25, 0.3) is 11.6 Å². The van der Waals surface area contributed by atoms with Crippen LogP contribution in [0, 0.1) is 21.4 Å². The Bertz CT molecular complexity index is 605. The van der Waals surface area contributed by atoms with Crippen molar-refractivity contribution in [1.82, 2.24) is 5.32 Å². The number of carbonyl (C=O) groups excluding carboxylic acids is 1. The fourth-order valence-electron chi connectivity index (χ4n) is 1.60. The van der Waals surface area contributed by atoms with Gasteiger partial charge in [-0.25, -0.2) is 0 Å². The van der Waals surface area contributed by atoms with E-state index in [1.54, 1.807) is 6.07 Å². The zero-order valence-electron chi connectivity index (χ0n) is 12.7. The standard InChI is InChI=1S/C15H18N4O4/c1-2-23-9-3-8-17-15(20)12(10-16)11-18-13-4-6-14(7-5-13)19(21)22/h4-7,11,18H,2-3,8-9H2,1H3,(H,17,20)/b12-11-. The summed E-state index contributed by atoms with van der Waals surface area (Å²) in [5.41, 5.74) is 0.416. The number of nitrogens with zero attached hydrogens (tertiary/aromatic N) is 2. The molecule has 0 heterocycles. The highest BCUT2D eigenvalue weighted by Crippen LogP contribution is 2.15. The second kappa shape index (κ2) is 9.92. The minimum absolute atomic E-state index is 0.0351. The fourth-order valence-corrected chi connectivity index (χ4v) is 1.60. The molecule has 0 saturated carbocycles. The van der Waals surface area contributed by atoms with Gasteiger partial charge in [0.1, 0.15) is 11.6 Å². The molecule has 0 aliphatic heterocycles. The van der Waals surface area contributed by atoms with Crippen molar-refractivity contribution >= 4 is 17.3 Å². The van der Waals surface area contributed by atoms with Crippen LogP contribution in [0.2, 0.25) is 0 Å². The summed E-state index contributed by atoms with van der Waals surface area (Å²) >= 11 is 0. The molecule has 1 rings (SSSR count). The van der Waals surface area contributed by atoms with Crippen LogP contribution < -0.4 is 10.6 Å². The highest BCUT2D eigenvalue weighted by atomic mass is 16.6. The lowest BCUT2D eigenvalue weighted by molar-refractivity contribution is -0.384. The number of anilines is 1. The van der Waals surface area contributed by atoms with E-state index in [0.717, 1.165) is 0 Å². The number of benzene rings is 1. The van der Waals surface area contributed by atoms with Crippen molar-refractivity contribution in [2.75, 3.05) is 25.1 Å². The summed E-state index contributed by atoms with van der Waals surface area (Å²) in [6, 6.07) is 7.44. The summed E-state index contributed by atoms with van der Waals surface area (Å²) in [5.74, 6) is -0.488. The van der Waals surface area contributed by atoms with E-state index < -0.39 is 10.8 Å². The predicted octanol–water partition coefficient (Wildman–Crippen LogP) is 1.96. The topological polar surface area (TPSA) is 117 Å². The Hall–Kier alpha value is -2.92. The maximum atomic E-state index is 11.8. The van der Waals surface area contributed by atoms with E-state index in [1.165, 1.54) is 30.5 Å². The van der Waals surface area contributed by atoms with Crippen molar-refractivity contribution in [3.63, 3.8) is 0 Å². The largest absolute Gasteiger partial charge is 0.382 e. The first kappa shape index (κ1) is 18.1. The maximum absolute atomic E-state index is 11.8. The number of amides is 1. The average molecular weight is 318 g/mol. The molecule has 0 radical (unpaired) electrons. The molecule has 1 aromatic carbocycles. The minimum Gasteiger partial charge on any atom is -0.382 e. The summed E-state index contributed by atoms with van der Waals surface area (Å²) in [7, 11) is 0.